The molecule has 0 fully saturated rings. The lowest BCUT2D eigenvalue weighted by Gasteiger charge is -2.06. The Kier molecular flexibility index (Phi) is 1.51. The monoisotopic (exact) mass is 166 g/mol. The summed E-state index contributed by atoms with van der Waals surface area (Å²) in [6, 6.07) is 4.89. The van der Waals surface area contributed by atoms with Crippen molar-refractivity contribution in [3.63, 3.8) is 0 Å². The van der Waals surface area contributed by atoms with E-state index in [2.05, 4.69) is 5.32 Å². The predicted molar refractivity (Wildman–Crippen MR) is 50.2 cm³/mol. The SMILES string of the molecule is [2H]C([2H])([2H])c1ccc(C)cc1NC(C)=O. The van der Waals surface area contributed by atoms with Crippen LogP contribution < -0.4 is 5.32 Å². The molecule has 64 valence electrons. The van der Waals surface area contributed by atoms with Crippen LogP contribution in [0.2, 0.25) is 0 Å². The molecule has 0 unspecified atom stereocenters. The van der Waals surface area contributed by atoms with Crippen LogP contribution in [0.3, 0.4) is 0 Å². The van der Waals surface area contributed by atoms with Gasteiger partial charge in [0.05, 0.1) is 0 Å². The maximum atomic E-state index is 10.9. The minimum absolute atomic E-state index is 0.170. The van der Waals surface area contributed by atoms with E-state index < -0.39 is 6.85 Å². The van der Waals surface area contributed by atoms with Crippen LogP contribution in [-0.4, -0.2) is 5.91 Å². The van der Waals surface area contributed by atoms with Crippen LogP contribution in [0, 0.1) is 13.8 Å². The molecule has 0 aliphatic heterocycles. The highest BCUT2D eigenvalue weighted by Crippen LogP contribution is 2.15. The first kappa shape index (κ1) is 5.36. The van der Waals surface area contributed by atoms with Crippen LogP contribution in [0.15, 0.2) is 18.2 Å². The second-order valence-corrected chi connectivity index (χ2v) is 2.73. The standard InChI is InChI=1S/C10H13NO/c1-7-4-5-8(2)10(6-7)11-9(3)12/h4-6H,1-3H3,(H,11,12)/i2D3. The summed E-state index contributed by atoms with van der Waals surface area (Å²) in [5.74, 6) is -0.272. The van der Waals surface area contributed by atoms with Gasteiger partial charge in [-0.1, -0.05) is 12.1 Å². The second-order valence-electron chi connectivity index (χ2n) is 2.73. The third-order valence-electron chi connectivity index (χ3n) is 1.49. The van der Waals surface area contributed by atoms with E-state index in [-0.39, 0.29) is 11.5 Å². The Hall–Kier alpha value is -1.31. The quantitative estimate of drug-likeness (QED) is 0.681. The molecule has 1 rings (SSSR count). The Bertz CT molecular complexity index is 385. The van der Waals surface area contributed by atoms with Gasteiger partial charge in [0.15, 0.2) is 0 Å². The first-order valence-corrected chi connectivity index (χ1v) is 3.69. The van der Waals surface area contributed by atoms with Crippen LogP contribution in [0.1, 0.15) is 22.2 Å². The summed E-state index contributed by atoms with van der Waals surface area (Å²) in [7, 11) is 0. The van der Waals surface area contributed by atoms with E-state index in [1.807, 2.05) is 6.92 Å². The number of benzene rings is 1. The highest BCUT2D eigenvalue weighted by atomic mass is 16.1. The molecule has 1 N–H and O–H groups in total. The van der Waals surface area contributed by atoms with Crippen molar-refractivity contribution in [1.29, 1.82) is 0 Å². The van der Waals surface area contributed by atoms with Gasteiger partial charge in [-0.2, -0.15) is 0 Å². The molecule has 0 radical (unpaired) electrons. The molecular weight excluding hydrogens is 150 g/mol. The molecule has 0 aromatic heterocycles. The first-order chi connectivity index (χ1) is 6.80. The van der Waals surface area contributed by atoms with Gasteiger partial charge < -0.3 is 5.32 Å². The van der Waals surface area contributed by atoms with Crippen molar-refractivity contribution >= 4 is 11.6 Å². The summed E-state index contributed by atoms with van der Waals surface area (Å²) < 4.78 is 21.9. The molecule has 2 heteroatoms. The number of carbonyl (C=O) groups excluding carboxylic acids is 1. The minimum Gasteiger partial charge on any atom is -0.326 e. The number of hydrogen-bond acceptors (Lipinski definition) is 1. The maximum absolute atomic E-state index is 10.9. The van der Waals surface area contributed by atoms with Crippen LogP contribution >= 0.6 is 0 Å². The lowest BCUT2D eigenvalue weighted by atomic mass is 10.1. The van der Waals surface area contributed by atoms with Crippen LogP contribution in [0.5, 0.6) is 0 Å². The van der Waals surface area contributed by atoms with Gasteiger partial charge in [0, 0.05) is 16.7 Å². The topological polar surface area (TPSA) is 29.1 Å². The predicted octanol–water partition coefficient (Wildman–Crippen LogP) is 2.26. The van der Waals surface area contributed by atoms with Crippen molar-refractivity contribution in [3.05, 3.63) is 29.3 Å². The van der Waals surface area contributed by atoms with Gasteiger partial charge in [0.1, 0.15) is 0 Å². The van der Waals surface area contributed by atoms with Gasteiger partial charge in [-0.3, -0.25) is 4.79 Å². The molecular formula is C10H13NO. The summed E-state index contributed by atoms with van der Waals surface area (Å²) >= 11 is 0. The molecule has 1 aromatic rings. The van der Waals surface area contributed by atoms with Gasteiger partial charge in [-0.25, -0.2) is 0 Å². The molecule has 0 saturated carbocycles. The number of anilines is 1. The molecule has 1 amide bonds. The largest absolute Gasteiger partial charge is 0.326 e. The summed E-state index contributed by atoms with van der Waals surface area (Å²) in [4.78, 5) is 10.9. The van der Waals surface area contributed by atoms with Crippen molar-refractivity contribution in [2.45, 2.75) is 20.7 Å². The highest BCUT2D eigenvalue weighted by Gasteiger charge is 1.98. The lowest BCUT2D eigenvalue weighted by Crippen LogP contribution is -2.07. The molecule has 0 aliphatic carbocycles. The Morgan fingerprint density at radius 3 is 2.92 bits per heavy atom. The van der Waals surface area contributed by atoms with Crippen molar-refractivity contribution in [2.75, 3.05) is 5.32 Å². The number of aryl methyl sites for hydroxylation is 2. The molecule has 0 aliphatic rings. The Labute approximate surface area is 76.8 Å². The molecule has 0 heterocycles. The highest BCUT2D eigenvalue weighted by molar-refractivity contribution is 5.89. The summed E-state index contributed by atoms with van der Waals surface area (Å²) in [5, 5.41) is 2.52. The number of amides is 1. The van der Waals surface area contributed by atoms with E-state index in [0.29, 0.717) is 5.69 Å². The molecule has 0 bridgehead atoms. The van der Waals surface area contributed by atoms with Crippen LogP contribution in [0.4, 0.5) is 5.69 Å². The summed E-state index contributed by atoms with van der Waals surface area (Å²) in [6.07, 6.45) is 0. The van der Waals surface area contributed by atoms with E-state index in [1.165, 1.54) is 13.0 Å². The summed E-state index contributed by atoms with van der Waals surface area (Å²) in [5.41, 5.74) is 1.44. The van der Waals surface area contributed by atoms with Crippen LogP contribution in [-0.2, 0) is 4.79 Å². The molecule has 1 aromatic carbocycles. The smallest absolute Gasteiger partial charge is 0.221 e. The minimum atomic E-state index is -2.20. The van der Waals surface area contributed by atoms with Gasteiger partial charge in [0.25, 0.3) is 0 Å². The first-order valence-electron chi connectivity index (χ1n) is 5.19. The zero-order chi connectivity index (χ0) is 11.6. The van der Waals surface area contributed by atoms with E-state index in [1.54, 1.807) is 12.1 Å². The van der Waals surface area contributed by atoms with E-state index in [0.717, 1.165) is 5.56 Å². The van der Waals surface area contributed by atoms with Crippen LogP contribution in [0.25, 0.3) is 0 Å². The Morgan fingerprint density at radius 1 is 1.58 bits per heavy atom. The second kappa shape index (κ2) is 3.39. The molecule has 0 spiro atoms. The zero-order valence-corrected chi connectivity index (χ0v) is 7.14. The zero-order valence-electron chi connectivity index (χ0n) is 10.1. The van der Waals surface area contributed by atoms with E-state index in [4.69, 9.17) is 4.11 Å². The summed E-state index contributed by atoms with van der Waals surface area (Å²) in [6.45, 7) is 0.992. The number of rotatable bonds is 1. The van der Waals surface area contributed by atoms with Gasteiger partial charge in [-0.15, -0.1) is 0 Å². The van der Waals surface area contributed by atoms with Gasteiger partial charge in [0.2, 0.25) is 5.91 Å². The normalized spacial score (nSPS) is 14.3. The average molecular weight is 166 g/mol. The molecule has 0 saturated heterocycles. The maximum Gasteiger partial charge on any atom is 0.221 e. The van der Waals surface area contributed by atoms with Crippen molar-refractivity contribution in [3.8, 4) is 0 Å². The fourth-order valence-corrected chi connectivity index (χ4v) is 0.951. The van der Waals surface area contributed by atoms with Crippen molar-refractivity contribution < 1.29 is 8.91 Å². The molecule has 2 nitrogen and oxygen atoms in total. The lowest BCUT2D eigenvalue weighted by molar-refractivity contribution is -0.114. The Morgan fingerprint density at radius 2 is 2.33 bits per heavy atom. The third kappa shape index (κ3) is 2.09. The van der Waals surface area contributed by atoms with E-state index in [9.17, 15) is 4.79 Å². The third-order valence-corrected chi connectivity index (χ3v) is 1.49. The van der Waals surface area contributed by atoms with E-state index >= 15 is 0 Å². The van der Waals surface area contributed by atoms with Gasteiger partial charge in [-0.05, 0) is 31.0 Å². The Balaban J connectivity index is 3.20. The van der Waals surface area contributed by atoms with Crippen molar-refractivity contribution in [2.24, 2.45) is 0 Å². The number of hydrogen-bond donors (Lipinski definition) is 1. The van der Waals surface area contributed by atoms with Crippen molar-refractivity contribution in [1.82, 2.24) is 0 Å². The molecule has 12 heavy (non-hydrogen) atoms. The number of nitrogens with one attached hydrogen (secondary N) is 1. The fourth-order valence-electron chi connectivity index (χ4n) is 0.951. The number of carbonyl (C=O) groups is 1. The van der Waals surface area contributed by atoms with Gasteiger partial charge >= 0.3 is 0 Å². The average Bonchev–Trinajstić information content (AvgIpc) is 1.99. The fraction of sp³-hybridized carbons (Fsp3) is 0.300. The molecule has 0 atom stereocenters.